The van der Waals surface area contributed by atoms with E-state index in [1.165, 1.54) is 36.1 Å². The molecule has 0 aromatic carbocycles. The molecule has 96 valence electrons. The normalized spacial score (nSPS) is 11.4. The summed E-state index contributed by atoms with van der Waals surface area (Å²) in [5.74, 6) is 0. The second-order valence-corrected chi connectivity index (χ2v) is 4.98. The number of aryl methyl sites for hydroxylation is 1. The molecule has 0 unspecified atom stereocenters. The first-order valence-corrected chi connectivity index (χ1v) is 7.46. The maximum Gasteiger partial charge on any atom is 0.00451 e. The topological polar surface area (TPSA) is 0 Å². The molecule has 0 amide bonds. The molecule has 0 saturated heterocycles. The van der Waals surface area contributed by atoms with Crippen LogP contribution >= 0.6 is 11.3 Å². The predicted molar refractivity (Wildman–Crippen MR) is 81.8 cm³/mol. The van der Waals surface area contributed by atoms with E-state index in [1.807, 2.05) is 11.3 Å². The molecule has 0 radical (unpaired) electrons. The van der Waals surface area contributed by atoms with Gasteiger partial charge in [0, 0.05) is 4.88 Å². The summed E-state index contributed by atoms with van der Waals surface area (Å²) in [6.07, 6.45) is 11.4. The van der Waals surface area contributed by atoms with Gasteiger partial charge in [0.1, 0.15) is 0 Å². The molecule has 1 aromatic heterocycles. The molecule has 0 aliphatic carbocycles. The van der Waals surface area contributed by atoms with E-state index in [0.717, 1.165) is 0 Å². The van der Waals surface area contributed by atoms with Gasteiger partial charge in [0.15, 0.2) is 0 Å². The van der Waals surface area contributed by atoms with E-state index in [1.54, 1.807) is 0 Å². The van der Waals surface area contributed by atoms with Crippen LogP contribution in [-0.4, -0.2) is 0 Å². The first kappa shape index (κ1) is 16.2. The maximum absolute atomic E-state index is 2.21. The summed E-state index contributed by atoms with van der Waals surface area (Å²) < 4.78 is 0. The van der Waals surface area contributed by atoms with Crippen molar-refractivity contribution in [2.75, 3.05) is 0 Å². The Hall–Kier alpha value is -0.820. The summed E-state index contributed by atoms with van der Waals surface area (Å²) in [6, 6.07) is 4.30. The molecule has 0 aliphatic rings. The first-order chi connectivity index (χ1) is 8.28. The maximum atomic E-state index is 2.21. The highest BCUT2D eigenvalue weighted by atomic mass is 32.1. The highest BCUT2D eigenvalue weighted by Gasteiger charge is 1.87. The van der Waals surface area contributed by atoms with Crippen LogP contribution in [0.4, 0.5) is 0 Å². The number of hydrogen-bond donors (Lipinski definition) is 0. The summed E-state index contributed by atoms with van der Waals surface area (Å²) in [5, 5.41) is 2.13. The van der Waals surface area contributed by atoms with Gasteiger partial charge in [0.2, 0.25) is 0 Å². The van der Waals surface area contributed by atoms with Crippen LogP contribution in [0.15, 0.2) is 41.3 Å². The third-order valence-electron chi connectivity index (χ3n) is 2.37. The van der Waals surface area contributed by atoms with E-state index in [-0.39, 0.29) is 0 Å². The van der Waals surface area contributed by atoms with E-state index in [0.29, 0.717) is 0 Å². The molecule has 0 spiro atoms. The van der Waals surface area contributed by atoms with Crippen molar-refractivity contribution in [3.05, 3.63) is 46.2 Å². The van der Waals surface area contributed by atoms with Crippen LogP contribution in [0.2, 0.25) is 0 Å². The molecular formula is C16H26S. The molecule has 0 N–H and O–H groups in total. The predicted octanol–water partition coefficient (Wildman–Crippen LogP) is 6.01. The van der Waals surface area contributed by atoms with Crippen molar-refractivity contribution >= 4 is 11.3 Å². The lowest BCUT2D eigenvalue weighted by atomic mass is 10.1. The van der Waals surface area contributed by atoms with Crippen LogP contribution in [-0.2, 0) is 6.42 Å². The minimum Gasteiger partial charge on any atom is -0.149 e. The van der Waals surface area contributed by atoms with Crippen molar-refractivity contribution in [3.63, 3.8) is 0 Å². The third kappa shape index (κ3) is 8.93. The zero-order valence-corrected chi connectivity index (χ0v) is 12.5. The highest BCUT2D eigenvalue weighted by molar-refractivity contribution is 7.09. The summed E-state index contributed by atoms with van der Waals surface area (Å²) >= 11 is 1.85. The van der Waals surface area contributed by atoms with Crippen molar-refractivity contribution in [1.29, 1.82) is 0 Å². The SMILES string of the molecule is C/C=C\C(=C/C)CCC.CCCc1cccs1. The fourth-order valence-electron chi connectivity index (χ4n) is 1.53. The Kier molecular flexibility index (Phi) is 11.1. The summed E-state index contributed by atoms with van der Waals surface area (Å²) in [4.78, 5) is 1.51. The smallest absolute Gasteiger partial charge is 0.00451 e. The van der Waals surface area contributed by atoms with Crippen LogP contribution in [0.1, 0.15) is 51.8 Å². The Balaban J connectivity index is 0.000000302. The average Bonchev–Trinajstić information content (AvgIpc) is 2.83. The van der Waals surface area contributed by atoms with E-state index in [4.69, 9.17) is 0 Å². The molecule has 1 heteroatoms. The Morgan fingerprint density at radius 2 is 2.00 bits per heavy atom. The molecule has 1 aromatic rings. The fraction of sp³-hybridized carbons (Fsp3) is 0.500. The van der Waals surface area contributed by atoms with Crippen LogP contribution in [0.25, 0.3) is 0 Å². The van der Waals surface area contributed by atoms with Gasteiger partial charge in [-0.3, -0.25) is 0 Å². The summed E-state index contributed by atoms with van der Waals surface area (Å²) in [6.45, 7) is 8.55. The lowest BCUT2D eigenvalue weighted by Gasteiger charge is -1.94. The monoisotopic (exact) mass is 250 g/mol. The first-order valence-electron chi connectivity index (χ1n) is 6.58. The van der Waals surface area contributed by atoms with E-state index < -0.39 is 0 Å². The van der Waals surface area contributed by atoms with Gasteiger partial charge in [-0.15, -0.1) is 11.3 Å². The van der Waals surface area contributed by atoms with Crippen molar-refractivity contribution in [2.45, 2.75) is 53.4 Å². The molecule has 0 nitrogen and oxygen atoms in total. The second kappa shape index (κ2) is 11.7. The van der Waals surface area contributed by atoms with Crippen molar-refractivity contribution in [3.8, 4) is 0 Å². The van der Waals surface area contributed by atoms with E-state index in [2.05, 4.69) is 63.4 Å². The Labute approximate surface area is 111 Å². The molecule has 17 heavy (non-hydrogen) atoms. The molecule has 0 atom stereocenters. The average molecular weight is 250 g/mol. The highest BCUT2D eigenvalue weighted by Crippen LogP contribution is 2.09. The zero-order valence-electron chi connectivity index (χ0n) is 11.7. The Morgan fingerprint density at radius 3 is 2.41 bits per heavy atom. The molecule has 1 heterocycles. The van der Waals surface area contributed by atoms with E-state index >= 15 is 0 Å². The zero-order chi connectivity index (χ0) is 12.9. The summed E-state index contributed by atoms with van der Waals surface area (Å²) in [5.41, 5.74) is 1.44. The van der Waals surface area contributed by atoms with Gasteiger partial charge in [-0.25, -0.2) is 0 Å². The fourth-order valence-corrected chi connectivity index (χ4v) is 2.34. The van der Waals surface area contributed by atoms with Crippen molar-refractivity contribution < 1.29 is 0 Å². The molecule has 0 fully saturated rings. The molecule has 0 saturated carbocycles. The molecular weight excluding hydrogens is 224 g/mol. The van der Waals surface area contributed by atoms with Gasteiger partial charge < -0.3 is 0 Å². The number of thiophene rings is 1. The summed E-state index contributed by atoms with van der Waals surface area (Å²) in [7, 11) is 0. The number of rotatable bonds is 5. The second-order valence-electron chi connectivity index (χ2n) is 3.94. The van der Waals surface area contributed by atoms with Crippen LogP contribution in [0.3, 0.4) is 0 Å². The molecule has 0 aliphatic heterocycles. The Morgan fingerprint density at radius 1 is 1.24 bits per heavy atom. The van der Waals surface area contributed by atoms with Gasteiger partial charge in [-0.05, 0) is 38.1 Å². The quantitative estimate of drug-likeness (QED) is 0.561. The van der Waals surface area contributed by atoms with Crippen LogP contribution in [0.5, 0.6) is 0 Å². The third-order valence-corrected chi connectivity index (χ3v) is 3.30. The van der Waals surface area contributed by atoms with Crippen molar-refractivity contribution in [1.82, 2.24) is 0 Å². The van der Waals surface area contributed by atoms with Gasteiger partial charge >= 0.3 is 0 Å². The number of hydrogen-bond acceptors (Lipinski definition) is 1. The Bertz CT molecular complexity index is 304. The minimum atomic E-state index is 1.21. The molecule has 0 bridgehead atoms. The van der Waals surface area contributed by atoms with Crippen LogP contribution in [0, 0.1) is 0 Å². The van der Waals surface area contributed by atoms with Crippen LogP contribution < -0.4 is 0 Å². The van der Waals surface area contributed by atoms with E-state index in [9.17, 15) is 0 Å². The molecule has 1 rings (SSSR count). The number of allylic oxidation sites excluding steroid dienone is 4. The van der Waals surface area contributed by atoms with Gasteiger partial charge in [-0.2, -0.15) is 0 Å². The van der Waals surface area contributed by atoms with Gasteiger partial charge in [-0.1, -0.05) is 56.6 Å². The lowest BCUT2D eigenvalue weighted by molar-refractivity contribution is 0.924. The standard InChI is InChI=1S/C9H16.C7H10S/c1-4-7-9(6-3)8-5-2;1-2-4-7-5-3-6-8-7/h4,6-7H,5,8H2,1-3H3;3,5-6H,2,4H2,1H3/b7-4-,9-6+;. The van der Waals surface area contributed by atoms with Crippen molar-refractivity contribution in [2.24, 2.45) is 0 Å². The largest absolute Gasteiger partial charge is 0.149 e. The lowest BCUT2D eigenvalue weighted by Crippen LogP contribution is -1.74. The van der Waals surface area contributed by atoms with Gasteiger partial charge in [0.25, 0.3) is 0 Å². The minimum absolute atomic E-state index is 1.21. The van der Waals surface area contributed by atoms with Gasteiger partial charge in [0.05, 0.1) is 0 Å².